The van der Waals surface area contributed by atoms with Crippen molar-refractivity contribution in [3.8, 4) is 0 Å². The maximum absolute atomic E-state index is 11.2. The number of hydrogen-bond acceptors (Lipinski definition) is 1. The van der Waals surface area contributed by atoms with E-state index in [4.69, 9.17) is 0 Å². The van der Waals surface area contributed by atoms with Crippen LogP contribution in [0.1, 0.15) is 0 Å². The van der Waals surface area contributed by atoms with E-state index in [1.54, 1.807) is 0 Å². The first-order chi connectivity index (χ1) is 2.94. The van der Waals surface area contributed by atoms with E-state index in [2.05, 4.69) is 24.2 Å². The first-order valence-electron chi connectivity index (χ1n) is 1.24. The molecule has 0 aromatic rings. The fourth-order valence-electron chi connectivity index (χ4n) is 0. The minimum absolute atomic E-state index is 1.63. The quantitative estimate of drug-likeness (QED) is 0.436. The molecule has 0 bridgehead atoms. The molecule has 5 heteroatoms. The molecule has 7 heavy (non-hydrogen) atoms. The molecule has 0 rings (SSSR count). The van der Waals surface area contributed by atoms with Gasteiger partial charge in [-0.15, -0.1) is 0 Å². The van der Waals surface area contributed by atoms with Gasteiger partial charge in [0, 0.05) is 0 Å². The molecule has 0 atom stereocenters. The Kier molecular flexibility index (Phi) is 2.01. The molecule has 0 aliphatic heterocycles. The zero-order valence-electron chi connectivity index (χ0n) is 2.99. The lowest BCUT2D eigenvalue weighted by molar-refractivity contribution is -0.123. The third-order valence-electron chi connectivity index (χ3n) is 0.243. The summed E-state index contributed by atoms with van der Waals surface area (Å²) in [5.74, 6) is 0. The summed E-state index contributed by atoms with van der Waals surface area (Å²) in [5.41, 5.74) is 0. The molecule has 0 aliphatic rings. The second-order valence-corrected chi connectivity index (χ2v) is 1.68. The van der Waals surface area contributed by atoms with Crippen molar-refractivity contribution < 1.29 is 13.6 Å². The predicted molar refractivity (Wildman–Crippen MR) is 24.8 cm³/mol. The van der Waals surface area contributed by atoms with Crippen LogP contribution in [0.3, 0.4) is 0 Å². The maximum Gasteiger partial charge on any atom is 0.390 e. The number of rotatable bonds is 1. The zero-order valence-corrected chi connectivity index (χ0v) is 4.64. The van der Waals surface area contributed by atoms with Crippen LogP contribution in [-0.4, -0.2) is 10.5 Å². The standard InChI is InChI=1S/C2HClF2OS/c3-2(4,5)1(6)7/h(H,6,7). The second-order valence-electron chi connectivity index (χ2n) is 0.803. The van der Waals surface area contributed by atoms with Crippen LogP contribution in [0.5, 0.6) is 0 Å². The number of halogens is 3. The predicted octanol–water partition coefficient (Wildman–Crippen LogP) is 1.27. The first kappa shape index (κ1) is 7.17. The van der Waals surface area contributed by atoms with Gasteiger partial charge in [0.15, 0.2) is 0 Å². The number of thiol groups is 1. The monoisotopic (exact) mass is 146 g/mol. The Morgan fingerprint density at radius 1 is 1.71 bits per heavy atom. The molecule has 0 radical (unpaired) electrons. The van der Waals surface area contributed by atoms with E-state index in [1.165, 1.54) is 0 Å². The molecule has 0 fully saturated rings. The van der Waals surface area contributed by atoms with Crippen LogP contribution in [0.2, 0.25) is 0 Å². The lowest BCUT2D eigenvalue weighted by Gasteiger charge is -1.96. The highest BCUT2D eigenvalue weighted by Crippen LogP contribution is 2.20. The third-order valence-corrected chi connectivity index (χ3v) is 0.827. The molecule has 0 aliphatic carbocycles. The van der Waals surface area contributed by atoms with Crippen molar-refractivity contribution in [3.63, 3.8) is 0 Å². The summed E-state index contributed by atoms with van der Waals surface area (Å²) in [6.45, 7) is 0. The fourth-order valence-corrected chi connectivity index (χ4v) is 0. The van der Waals surface area contributed by atoms with Gasteiger partial charge in [-0.1, -0.05) is 12.6 Å². The normalized spacial score (nSPS) is 11.4. The maximum atomic E-state index is 11.2. The van der Waals surface area contributed by atoms with Crippen LogP contribution >= 0.6 is 24.2 Å². The Hall–Kier alpha value is 0.170. The third kappa shape index (κ3) is 2.82. The second kappa shape index (κ2) is 1.96. The fraction of sp³-hybridized carbons (Fsp3) is 0.500. The van der Waals surface area contributed by atoms with Crippen LogP contribution in [-0.2, 0) is 4.79 Å². The molecule has 0 aromatic carbocycles. The van der Waals surface area contributed by atoms with Crippen molar-refractivity contribution in [2.45, 2.75) is 5.38 Å². The van der Waals surface area contributed by atoms with Gasteiger partial charge >= 0.3 is 5.38 Å². The molecule has 0 heterocycles. The SMILES string of the molecule is O=C(S)C(F)(F)Cl. The molecule has 0 unspecified atom stereocenters. The largest absolute Gasteiger partial charge is 0.390 e. The molecular formula is C2HClF2OS. The van der Waals surface area contributed by atoms with E-state index < -0.39 is 10.5 Å². The van der Waals surface area contributed by atoms with Crippen LogP contribution in [0.25, 0.3) is 0 Å². The van der Waals surface area contributed by atoms with Crippen molar-refractivity contribution in [3.05, 3.63) is 0 Å². The van der Waals surface area contributed by atoms with Gasteiger partial charge in [0.2, 0.25) is 0 Å². The van der Waals surface area contributed by atoms with Gasteiger partial charge in [-0.05, 0) is 11.6 Å². The number of alkyl halides is 3. The van der Waals surface area contributed by atoms with Crippen LogP contribution in [0.15, 0.2) is 0 Å². The number of hydrogen-bond donors (Lipinski definition) is 1. The summed E-state index contributed by atoms with van der Waals surface area (Å²) in [6.07, 6.45) is 0. The molecule has 0 spiro atoms. The summed E-state index contributed by atoms with van der Waals surface area (Å²) < 4.78 is 22.4. The molecule has 0 N–H and O–H groups in total. The summed E-state index contributed by atoms with van der Waals surface area (Å²) in [4.78, 5) is 9.45. The van der Waals surface area contributed by atoms with E-state index in [0.717, 1.165) is 0 Å². The van der Waals surface area contributed by atoms with Gasteiger partial charge in [-0.2, -0.15) is 8.78 Å². The molecule has 0 aromatic heterocycles. The number of carbonyl (C=O) groups excluding carboxylic acids is 1. The van der Waals surface area contributed by atoms with Gasteiger partial charge in [0.25, 0.3) is 5.12 Å². The topological polar surface area (TPSA) is 17.1 Å². The van der Waals surface area contributed by atoms with Crippen molar-refractivity contribution in [2.75, 3.05) is 0 Å². The highest BCUT2D eigenvalue weighted by atomic mass is 35.5. The van der Waals surface area contributed by atoms with Gasteiger partial charge in [0.05, 0.1) is 0 Å². The molecular weight excluding hydrogens is 146 g/mol. The van der Waals surface area contributed by atoms with Gasteiger partial charge < -0.3 is 0 Å². The Morgan fingerprint density at radius 3 is 1.86 bits per heavy atom. The molecule has 1 nitrogen and oxygen atoms in total. The molecule has 42 valence electrons. The smallest absolute Gasteiger partial charge is 0.279 e. The summed E-state index contributed by atoms with van der Waals surface area (Å²) in [6, 6.07) is 0. The molecule has 0 saturated carbocycles. The minimum atomic E-state index is -3.80. The lowest BCUT2D eigenvalue weighted by atomic mass is 10.8. The molecule has 0 saturated heterocycles. The van der Waals surface area contributed by atoms with E-state index >= 15 is 0 Å². The van der Waals surface area contributed by atoms with Gasteiger partial charge in [-0.25, -0.2) is 0 Å². The van der Waals surface area contributed by atoms with E-state index in [-0.39, 0.29) is 0 Å². The first-order valence-corrected chi connectivity index (χ1v) is 2.07. The van der Waals surface area contributed by atoms with Crippen molar-refractivity contribution >= 4 is 29.3 Å². The van der Waals surface area contributed by atoms with Crippen LogP contribution in [0.4, 0.5) is 8.78 Å². The van der Waals surface area contributed by atoms with Gasteiger partial charge in [0.1, 0.15) is 0 Å². The van der Waals surface area contributed by atoms with Gasteiger partial charge in [-0.3, -0.25) is 4.79 Å². The Labute approximate surface area is 49.1 Å². The Balaban J connectivity index is 3.79. The lowest BCUT2D eigenvalue weighted by Crippen LogP contribution is -2.14. The minimum Gasteiger partial charge on any atom is -0.279 e. The van der Waals surface area contributed by atoms with Crippen LogP contribution in [0, 0.1) is 0 Å². The molecule has 0 amide bonds. The summed E-state index contributed by atoms with van der Waals surface area (Å²) >= 11 is 6.87. The summed E-state index contributed by atoms with van der Waals surface area (Å²) in [5, 5.41) is -5.43. The van der Waals surface area contributed by atoms with E-state index in [9.17, 15) is 13.6 Å². The van der Waals surface area contributed by atoms with Crippen molar-refractivity contribution in [1.29, 1.82) is 0 Å². The van der Waals surface area contributed by atoms with Crippen molar-refractivity contribution in [2.24, 2.45) is 0 Å². The van der Waals surface area contributed by atoms with E-state index in [1.807, 2.05) is 0 Å². The van der Waals surface area contributed by atoms with Crippen LogP contribution < -0.4 is 0 Å². The Bertz CT molecular complexity index is 88.2. The highest BCUT2D eigenvalue weighted by Gasteiger charge is 2.32. The average molecular weight is 147 g/mol. The highest BCUT2D eigenvalue weighted by molar-refractivity contribution is 7.97. The zero-order chi connectivity index (χ0) is 6.08. The Morgan fingerprint density at radius 2 is 1.86 bits per heavy atom. The average Bonchev–Trinajstić information content (AvgIpc) is 1.31. The van der Waals surface area contributed by atoms with E-state index in [0.29, 0.717) is 0 Å². The summed E-state index contributed by atoms with van der Waals surface area (Å²) in [7, 11) is 0. The number of carbonyl (C=O) groups is 1. The van der Waals surface area contributed by atoms with Crippen molar-refractivity contribution in [1.82, 2.24) is 0 Å².